The zero-order valence-corrected chi connectivity index (χ0v) is 19.4. The minimum atomic E-state index is -0.316. The van der Waals surface area contributed by atoms with Crippen molar-refractivity contribution < 1.29 is 14.3 Å². The molecular weight excluding hydrogens is 476 g/mol. The van der Waals surface area contributed by atoms with Crippen molar-refractivity contribution in [2.24, 2.45) is 0 Å². The number of nitrogens with zero attached hydrogens (tertiary/aromatic N) is 5. The summed E-state index contributed by atoms with van der Waals surface area (Å²) in [6.07, 6.45) is 2.94. The number of methoxy groups -OCH3 is 1. The number of halogens is 1. The molecule has 4 rings (SSSR count). The quantitative estimate of drug-likeness (QED) is 0.493. The molecule has 0 aromatic carbocycles. The van der Waals surface area contributed by atoms with E-state index in [1.54, 1.807) is 36.4 Å². The van der Waals surface area contributed by atoms with Gasteiger partial charge in [0.1, 0.15) is 22.2 Å². The van der Waals surface area contributed by atoms with Crippen molar-refractivity contribution in [2.75, 3.05) is 19.5 Å². The van der Waals surface area contributed by atoms with Gasteiger partial charge in [0.25, 0.3) is 5.91 Å². The lowest BCUT2D eigenvalue weighted by Crippen LogP contribution is -2.41. The number of fused-ring (bicyclic) bond motifs is 3. The van der Waals surface area contributed by atoms with Gasteiger partial charge < -0.3 is 20.1 Å². The maximum Gasteiger partial charge on any atom is 0.273 e. The molecular formula is C22H23BrN6O3. The van der Waals surface area contributed by atoms with Crippen molar-refractivity contribution >= 4 is 38.6 Å². The monoisotopic (exact) mass is 498 g/mol. The van der Waals surface area contributed by atoms with Gasteiger partial charge in [-0.1, -0.05) is 6.08 Å². The van der Waals surface area contributed by atoms with E-state index in [1.165, 1.54) is 0 Å². The van der Waals surface area contributed by atoms with E-state index in [1.807, 2.05) is 13.0 Å². The molecule has 3 aromatic rings. The summed E-state index contributed by atoms with van der Waals surface area (Å²) in [5.41, 5.74) is 9.41. The number of hydrogen-bond donors (Lipinski definition) is 1. The van der Waals surface area contributed by atoms with Crippen molar-refractivity contribution in [1.29, 1.82) is 0 Å². The molecule has 166 valence electrons. The van der Waals surface area contributed by atoms with Crippen molar-refractivity contribution in [3.63, 3.8) is 0 Å². The van der Waals surface area contributed by atoms with Crippen LogP contribution in [0.3, 0.4) is 0 Å². The average Bonchev–Trinajstić information content (AvgIpc) is 3.23. The van der Waals surface area contributed by atoms with Crippen molar-refractivity contribution in [3.05, 3.63) is 64.2 Å². The number of aromatic nitrogens is 4. The van der Waals surface area contributed by atoms with Crippen LogP contribution < -0.4 is 5.73 Å². The van der Waals surface area contributed by atoms with E-state index in [4.69, 9.17) is 15.2 Å². The van der Waals surface area contributed by atoms with Gasteiger partial charge in [-0.2, -0.15) is 5.10 Å². The molecule has 1 aliphatic heterocycles. The highest BCUT2D eigenvalue weighted by molar-refractivity contribution is 9.10. The Labute approximate surface area is 193 Å². The smallest absolute Gasteiger partial charge is 0.273 e. The van der Waals surface area contributed by atoms with Crippen LogP contribution in [0.15, 0.2) is 41.7 Å². The molecule has 0 unspecified atom stereocenters. The summed E-state index contributed by atoms with van der Waals surface area (Å²) in [4.78, 5) is 24.0. The molecule has 0 bridgehead atoms. The second-order valence-corrected chi connectivity index (χ2v) is 8.34. The van der Waals surface area contributed by atoms with Gasteiger partial charge in [-0.15, -0.1) is 11.7 Å². The van der Waals surface area contributed by atoms with E-state index in [9.17, 15) is 4.79 Å². The Morgan fingerprint density at radius 2 is 2.28 bits per heavy atom. The van der Waals surface area contributed by atoms with Crippen LogP contribution in [0.25, 0.3) is 10.9 Å². The third kappa shape index (κ3) is 4.21. The first-order valence-electron chi connectivity index (χ1n) is 10.0. The molecule has 0 fully saturated rings. The minimum Gasteiger partial charge on any atom is -0.383 e. The van der Waals surface area contributed by atoms with Crippen LogP contribution in [0, 0.1) is 0 Å². The summed E-state index contributed by atoms with van der Waals surface area (Å²) < 4.78 is 11.7. The van der Waals surface area contributed by atoms with Crippen LogP contribution in [0.5, 0.6) is 0 Å². The maximum absolute atomic E-state index is 13.5. The van der Waals surface area contributed by atoms with Crippen molar-refractivity contribution in [1.82, 2.24) is 25.1 Å². The van der Waals surface area contributed by atoms with E-state index in [2.05, 4.69) is 42.7 Å². The SMILES string of the molecule is C=C[C@H]1OCc2c1c(N)nc1cnc(C(=O)N(Cc3ccc(Br)nn3)[C@H](C)COC)cc21. The van der Waals surface area contributed by atoms with Gasteiger partial charge in [0.15, 0.2) is 0 Å². The summed E-state index contributed by atoms with van der Waals surface area (Å²) in [6, 6.07) is 5.14. The van der Waals surface area contributed by atoms with E-state index in [0.717, 1.165) is 16.5 Å². The Hall–Kier alpha value is -2.95. The lowest BCUT2D eigenvalue weighted by atomic mass is 10.0. The first kappa shape index (κ1) is 22.3. The Kier molecular flexibility index (Phi) is 6.45. The Balaban J connectivity index is 1.73. The highest BCUT2D eigenvalue weighted by atomic mass is 79.9. The normalized spacial score (nSPS) is 16.0. The number of rotatable bonds is 7. The van der Waals surface area contributed by atoms with Gasteiger partial charge in [-0.05, 0) is 46.6 Å². The lowest BCUT2D eigenvalue weighted by molar-refractivity contribution is 0.0532. The minimum absolute atomic E-state index is 0.209. The molecule has 1 aliphatic rings. The lowest BCUT2D eigenvalue weighted by Gasteiger charge is -2.28. The zero-order chi connectivity index (χ0) is 22.8. The molecule has 0 saturated heterocycles. The number of nitrogen functional groups attached to an aromatic ring is 1. The van der Waals surface area contributed by atoms with Gasteiger partial charge in [-0.25, -0.2) is 9.97 Å². The van der Waals surface area contributed by atoms with Crippen LogP contribution in [-0.2, 0) is 22.6 Å². The molecule has 0 spiro atoms. The average molecular weight is 499 g/mol. The number of amides is 1. The van der Waals surface area contributed by atoms with Gasteiger partial charge in [-0.3, -0.25) is 4.79 Å². The number of carbonyl (C=O) groups is 1. The number of carbonyl (C=O) groups excluding carboxylic acids is 1. The molecule has 0 aliphatic carbocycles. The molecule has 2 atom stereocenters. The van der Waals surface area contributed by atoms with Crippen molar-refractivity contribution in [2.45, 2.75) is 32.2 Å². The standard InChI is InChI=1S/C22H23BrN6O3/c1-4-18-20-15(11-32-18)14-7-16(25-8-17(14)26-21(20)24)22(30)29(12(2)10-31-3)9-13-5-6-19(23)28-27-13/h4-8,12,18H,1,9-11H2,2-3H3,(H2,24,26)/t12-,18-/m1/s1. The Morgan fingerprint density at radius 3 is 2.97 bits per heavy atom. The van der Waals surface area contributed by atoms with E-state index < -0.39 is 0 Å². The fourth-order valence-electron chi connectivity index (χ4n) is 3.81. The highest BCUT2D eigenvalue weighted by Crippen LogP contribution is 2.38. The van der Waals surface area contributed by atoms with E-state index in [-0.39, 0.29) is 24.6 Å². The largest absolute Gasteiger partial charge is 0.383 e. The zero-order valence-electron chi connectivity index (χ0n) is 17.8. The molecule has 1 amide bonds. The molecule has 3 aromatic heterocycles. The first-order chi connectivity index (χ1) is 15.4. The fraction of sp³-hybridized carbons (Fsp3) is 0.318. The molecule has 2 N–H and O–H groups in total. The number of nitrogens with two attached hydrogens (primary N) is 1. The van der Waals surface area contributed by atoms with Crippen molar-refractivity contribution in [3.8, 4) is 0 Å². The fourth-order valence-corrected chi connectivity index (χ4v) is 4.02. The van der Waals surface area contributed by atoms with Gasteiger partial charge >= 0.3 is 0 Å². The highest BCUT2D eigenvalue weighted by Gasteiger charge is 2.29. The van der Waals surface area contributed by atoms with Gasteiger partial charge in [0.05, 0.1) is 43.2 Å². The second kappa shape index (κ2) is 9.27. The molecule has 4 heterocycles. The number of ether oxygens (including phenoxy) is 2. The molecule has 32 heavy (non-hydrogen) atoms. The number of anilines is 1. The van der Waals surface area contributed by atoms with Crippen LogP contribution >= 0.6 is 15.9 Å². The number of pyridine rings is 2. The molecule has 9 nitrogen and oxygen atoms in total. The van der Waals surface area contributed by atoms with Gasteiger partial charge in [0, 0.05) is 18.1 Å². The van der Waals surface area contributed by atoms with E-state index in [0.29, 0.717) is 40.5 Å². The van der Waals surface area contributed by atoms with E-state index >= 15 is 0 Å². The maximum atomic E-state index is 13.5. The summed E-state index contributed by atoms with van der Waals surface area (Å²) in [6.45, 7) is 6.72. The second-order valence-electron chi connectivity index (χ2n) is 7.53. The third-order valence-corrected chi connectivity index (χ3v) is 5.82. The van der Waals surface area contributed by atoms with Gasteiger partial charge in [0.2, 0.25) is 0 Å². The number of hydrogen-bond acceptors (Lipinski definition) is 8. The van der Waals surface area contributed by atoms with Crippen LogP contribution in [-0.4, -0.2) is 50.7 Å². The van der Waals surface area contributed by atoms with Crippen LogP contribution in [0.4, 0.5) is 5.82 Å². The van der Waals surface area contributed by atoms with Crippen LogP contribution in [0.1, 0.15) is 40.3 Å². The molecule has 0 saturated carbocycles. The first-order valence-corrected chi connectivity index (χ1v) is 10.8. The summed E-state index contributed by atoms with van der Waals surface area (Å²) in [7, 11) is 1.60. The predicted octanol–water partition coefficient (Wildman–Crippen LogP) is 3.20. The summed E-state index contributed by atoms with van der Waals surface area (Å²) in [5.74, 6) is 0.144. The molecule has 10 heteroatoms. The third-order valence-electron chi connectivity index (χ3n) is 5.40. The van der Waals surface area contributed by atoms with Crippen LogP contribution in [0.2, 0.25) is 0 Å². The summed E-state index contributed by atoms with van der Waals surface area (Å²) >= 11 is 3.28. The Bertz CT molecular complexity index is 1170. The predicted molar refractivity (Wildman–Crippen MR) is 123 cm³/mol. The topological polar surface area (TPSA) is 116 Å². The molecule has 0 radical (unpaired) electrons. The summed E-state index contributed by atoms with van der Waals surface area (Å²) in [5, 5.41) is 8.96. The Morgan fingerprint density at radius 1 is 1.47 bits per heavy atom.